The second kappa shape index (κ2) is 8.32. The first-order valence-electron chi connectivity index (χ1n) is 6.84. The summed E-state index contributed by atoms with van der Waals surface area (Å²) >= 11 is 7.59. The zero-order chi connectivity index (χ0) is 15.9. The molecule has 0 spiro atoms. The Kier molecular flexibility index (Phi) is 6.43. The molecule has 118 valence electrons. The second-order valence-electron chi connectivity index (χ2n) is 4.79. The lowest BCUT2D eigenvalue weighted by Gasteiger charge is -2.16. The van der Waals surface area contributed by atoms with E-state index < -0.39 is 0 Å². The first-order valence-corrected chi connectivity index (χ1v) is 8.62. The van der Waals surface area contributed by atoms with Gasteiger partial charge in [0.05, 0.1) is 13.7 Å². The fourth-order valence-corrected chi connectivity index (χ4v) is 2.78. The minimum absolute atomic E-state index is 0.0186. The smallest absolute Gasteiger partial charge is 0.165 e. The molecule has 22 heavy (non-hydrogen) atoms. The first kappa shape index (κ1) is 17.0. The van der Waals surface area contributed by atoms with Gasteiger partial charge in [-0.05, 0) is 41.6 Å². The molecule has 0 fully saturated rings. The number of aliphatic hydroxyl groups is 1. The molecule has 0 aliphatic rings. The third-order valence-electron chi connectivity index (χ3n) is 3.19. The quantitative estimate of drug-likeness (QED) is 0.817. The zero-order valence-corrected chi connectivity index (χ0v) is 14.2. The number of methoxy groups -OCH3 is 1. The number of thioether (sulfide) groups is 1. The van der Waals surface area contributed by atoms with E-state index in [1.54, 1.807) is 24.9 Å². The van der Waals surface area contributed by atoms with Crippen molar-refractivity contribution in [2.75, 3.05) is 13.4 Å². The molecule has 0 amide bonds. The molecular weight excluding hydrogens is 320 g/mol. The van der Waals surface area contributed by atoms with Crippen molar-refractivity contribution in [1.82, 2.24) is 0 Å². The summed E-state index contributed by atoms with van der Waals surface area (Å²) in [5, 5.41) is 10.1. The summed E-state index contributed by atoms with van der Waals surface area (Å²) in [5.41, 5.74) is 2.87. The zero-order valence-electron chi connectivity index (χ0n) is 12.6. The van der Waals surface area contributed by atoms with E-state index in [1.807, 2.05) is 36.6 Å². The number of hydrogen-bond donors (Lipinski definition) is 1. The Hall–Kier alpha value is -1.36. The van der Waals surface area contributed by atoms with E-state index in [2.05, 4.69) is 0 Å². The number of halogens is 1. The van der Waals surface area contributed by atoms with Gasteiger partial charge in [-0.2, -0.15) is 11.8 Å². The predicted molar refractivity (Wildman–Crippen MR) is 91.9 cm³/mol. The molecule has 0 aliphatic carbocycles. The first-order chi connectivity index (χ1) is 10.7. The van der Waals surface area contributed by atoms with Crippen LogP contribution in [0.3, 0.4) is 0 Å². The van der Waals surface area contributed by atoms with E-state index in [1.165, 1.54) is 0 Å². The van der Waals surface area contributed by atoms with Crippen molar-refractivity contribution in [2.24, 2.45) is 0 Å². The van der Waals surface area contributed by atoms with Gasteiger partial charge in [0.15, 0.2) is 11.5 Å². The molecule has 0 aliphatic heterocycles. The van der Waals surface area contributed by atoms with E-state index >= 15 is 0 Å². The van der Waals surface area contributed by atoms with Gasteiger partial charge >= 0.3 is 0 Å². The highest BCUT2D eigenvalue weighted by atomic mass is 35.5. The Balaban J connectivity index is 2.25. The van der Waals surface area contributed by atoms with Crippen LogP contribution in [0.4, 0.5) is 0 Å². The van der Waals surface area contributed by atoms with Gasteiger partial charge in [-0.15, -0.1) is 0 Å². The maximum Gasteiger partial charge on any atom is 0.165 e. The van der Waals surface area contributed by atoms with Gasteiger partial charge in [-0.3, -0.25) is 0 Å². The third kappa shape index (κ3) is 4.32. The van der Waals surface area contributed by atoms with E-state index in [4.69, 9.17) is 21.1 Å². The molecule has 5 heteroatoms. The van der Waals surface area contributed by atoms with Crippen molar-refractivity contribution >= 4 is 23.4 Å². The van der Waals surface area contributed by atoms with Gasteiger partial charge in [0.25, 0.3) is 0 Å². The van der Waals surface area contributed by atoms with Crippen LogP contribution in [0.2, 0.25) is 5.02 Å². The largest absolute Gasteiger partial charge is 0.493 e. The van der Waals surface area contributed by atoms with Crippen LogP contribution in [-0.2, 0) is 19.0 Å². The van der Waals surface area contributed by atoms with Crippen molar-refractivity contribution in [1.29, 1.82) is 0 Å². The van der Waals surface area contributed by atoms with Crippen molar-refractivity contribution in [3.8, 4) is 11.5 Å². The van der Waals surface area contributed by atoms with Gasteiger partial charge in [0.1, 0.15) is 6.61 Å². The predicted octanol–water partition coefficient (Wildman–Crippen LogP) is 4.28. The van der Waals surface area contributed by atoms with Crippen molar-refractivity contribution < 1.29 is 14.6 Å². The molecule has 1 N–H and O–H groups in total. The van der Waals surface area contributed by atoms with Crippen molar-refractivity contribution in [2.45, 2.75) is 19.0 Å². The maximum absolute atomic E-state index is 9.36. The average Bonchev–Trinajstić information content (AvgIpc) is 2.54. The lowest BCUT2D eigenvalue weighted by molar-refractivity contribution is 0.273. The van der Waals surface area contributed by atoms with Crippen LogP contribution >= 0.6 is 23.4 Å². The van der Waals surface area contributed by atoms with Crippen LogP contribution in [0.15, 0.2) is 36.4 Å². The molecule has 0 aromatic heterocycles. The maximum atomic E-state index is 9.36. The fraction of sp³-hybridized carbons (Fsp3) is 0.294. The van der Waals surface area contributed by atoms with Gasteiger partial charge in [0.2, 0.25) is 0 Å². The summed E-state index contributed by atoms with van der Waals surface area (Å²) in [6.45, 7) is 0.419. The lowest BCUT2D eigenvalue weighted by Crippen LogP contribution is -2.02. The third-order valence-corrected chi connectivity index (χ3v) is 4.04. The van der Waals surface area contributed by atoms with Gasteiger partial charge < -0.3 is 14.6 Å². The van der Waals surface area contributed by atoms with Gasteiger partial charge in [-0.25, -0.2) is 0 Å². The van der Waals surface area contributed by atoms with Crippen molar-refractivity contribution in [3.05, 3.63) is 58.1 Å². The molecular formula is C17H19ClO3S. The molecule has 3 nitrogen and oxygen atoms in total. The second-order valence-corrected chi connectivity index (χ2v) is 6.10. The van der Waals surface area contributed by atoms with E-state index in [0.717, 1.165) is 28.2 Å². The van der Waals surface area contributed by atoms with E-state index in [-0.39, 0.29) is 6.61 Å². The van der Waals surface area contributed by atoms with Crippen LogP contribution < -0.4 is 9.47 Å². The number of ether oxygens (including phenoxy) is 2. The monoisotopic (exact) mass is 338 g/mol. The number of rotatable bonds is 7. The van der Waals surface area contributed by atoms with Crippen LogP contribution in [0.5, 0.6) is 11.5 Å². The molecule has 0 atom stereocenters. The fourth-order valence-electron chi connectivity index (χ4n) is 2.13. The highest BCUT2D eigenvalue weighted by Gasteiger charge is 2.13. The number of benzene rings is 2. The van der Waals surface area contributed by atoms with Crippen LogP contribution in [0, 0.1) is 0 Å². The van der Waals surface area contributed by atoms with E-state index in [9.17, 15) is 5.11 Å². The minimum Gasteiger partial charge on any atom is -0.493 e. The average molecular weight is 339 g/mol. The number of aliphatic hydroxyl groups excluding tert-OH is 1. The van der Waals surface area contributed by atoms with Crippen LogP contribution in [0.25, 0.3) is 0 Å². The topological polar surface area (TPSA) is 38.7 Å². The van der Waals surface area contributed by atoms with Crippen molar-refractivity contribution in [3.63, 3.8) is 0 Å². The summed E-state index contributed by atoms with van der Waals surface area (Å²) < 4.78 is 11.4. The molecule has 0 saturated carbocycles. The minimum atomic E-state index is -0.0186. The van der Waals surface area contributed by atoms with Crippen LogP contribution in [-0.4, -0.2) is 18.5 Å². The molecule has 0 bridgehead atoms. The normalized spacial score (nSPS) is 10.5. The summed E-state index contributed by atoms with van der Waals surface area (Å²) in [4.78, 5) is 0. The Labute approximate surface area is 140 Å². The van der Waals surface area contributed by atoms with Gasteiger partial charge in [-0.1, -0.05) is 23.7 Å². The Bertz CT molecular complexity index is 614. The summed E-state index contributed by atoms with van der Waals surface area (Å²) in [7, 11) is 1.61. The summed E-state index contributed by atoms with van der Waals surface area (Å²) in [5.74, 6) is 2.16. The molecule has 2 aromatic carbocycles. The highest BCUT2D eigenvalue weighted by Crippen LogP contribution is 2.35. The molecule has 0 unspecified atom stereocenters. The Morgan fingerprint density at radius 2 is 1.86 bits per heavy atom. The van der Waals surface area contributed by atoms with E-state index in [0.29, 0.717) is 17.4 Å². The Morgan fingerprint density at radius 1 is 1.14 bits per heavy atom. The SMILES string of the molecule is COc1cc(CO)cc(CSC)c1OCc1ccc(Cl)cc1. The van der Waals surface area contributed by atoms with Gasteiger partial charge in [0, 0.05) is 16.3 Å². The molecule has 0 radical (unpaired) electrons. The molecule has 2 rings (SSSR count). The molecule has 0 heterocycles. The standard InChI is InChI=1S/C17H19ClO3S/c1-20-16-8-13(9-19)7-14(11-22-2)17(16)21-10-12-3-5-15(18)6-4-12/h3-8,19H,9-11H2,1-2H3. The lowest BCUT2D eigenvalue weighted by atomic mass is 10.1. The Morgan fingerprint density at radius 3 is 2.45 bits per heavy atom. The summed E-state index contributed by atoms with van der Waals surface area (Å²) in [6, 6.07) is 11.3. The molecule has 2 aromatic rings. The number of hydrogen-bond acceptors (Lipinski definition) is 4. The molecule has 0 saturated heterocycles. The highest BCUT2D eigenvalue weighted by molar-refractivity contribution is 7.97. The summed E-state index contributed by atoms with van der Waals surface area (Å²) in [6.07, 6.45) is 2.03. The van der Waals surface area contributed by atoms with Crippen LogP contribution in [0.1, 0.15) is 16.7 Å².